The van der Waals surface area contributed by atoms with Crippen molar-refractivity contribution < 1.29 is 19.9 Å². The van der Waals surface area contributed by atoms with E-state index >= 15 is 0 Å². The third kappa shape index (κ3) is 4.02. The predicted molar refractivity (Wildman–Crippen MR) is 63.0 cm³/mol. The van der Waals surface area contributed by atoms with Crippen molar-refractivity contribution in [2.75, 3.05) is 6.54 Å². The van der Waals surface area contributed by atoms with E-state index in [1.807, 2.05) is 0 Å². The van der Waals surface area contributed by atoms with Crippen LogP contribution < -0.4 is 5.32 Å². The van der Waals surface area contributed by atoms with Crippen LogP contribution >= 0.6 is 11.3 Å². The molecule has 0 aliphatic rings. The van der Waals surface area contributed by atoms with Crippen LogP contribution in [0.3, 0.4) is 0 Å². The van der Waals surface area contributed by atoms with Gasteiger partial charge in [-0.3, -0.25) is 14.9 Å². The third-order valence-corrected chi connectivity index (χ3v) is 3.14. The molecule has 3 N–H and O–H groups in total. The third-order valence-electron chi connectivity index (χ3n) is 2.12. The van der Waals surface area contributed by atoms with Gasteiger partial charge in [-0.1, -0.05) is 0 Å². The highest BCUT2D eigenvalue weighted by molar-refractivity contribution is 7.14. The standard InChI is InChI=1S/C9H13N3O5S/c1-5(13)10-3-2-6(14)8(15)9-11-4-7(18-9)12(16)17/h4,6,8,14-15H,2-3H2,1H3,(H,10,13). The molecule has 0 aliphatic carbocycles. The lowest BCUT2D eigenvalue weighted by atomic mass is 10.1. The summed E-state index contributed by atoms with van der Waals surface area (Å²) in [5.41, 5.74) is 0. The molecule has 0 spiro atoms. The van der Waals surface area contributed by atoms with Crippen LogP contribution in [0.25, 0.3) is 0 Å². The van der Waals surface area contributed by atoms with Crippen LogP contribution in [0, 0.1) is 10.1 Å². The Kier molecular flexibility index (Phi) is 5.13. The Morgan fingerprint density at radius 1 is 1.67 bits per heavy atom. The molecule has 1 aromatic rings. The molecule has 1 heterocycles. The summed E-state index contributed by atoms with van der Waals surface area (Å²) >= 11 is 0.710. The number of hydrogen-bond acceptors (Lipinski definition) is 7. The van der Waals surface area contributed by atoms with Crippen LogP contribution in [0.2, 0.25) is 0 Å². The number of rotatable bonds is 6. The van der Waals surface area contributed by atoms with E-state index in [1.165, 1.54) is 6.92 Å². The number of nitrogens with one attached hydrogen (secondary N) is 1. The minimum atomic E-state index is -1.29. The molecule has 1 amide bonds. The van der Waals surface area contributed by atoms with Crippen LogP contribution in [0.5, 0.6) is 0 Å². The summed E-state index contributed by atoms with van der Waals surface area (Å²) in [6.07, 6.45) is -1.27. The Labute approximate surface area is 106 Å². The van der Waals surface area contributed by atoms with Crippen molar-refractivity contribution in [2.24, 2.45) is 0 Å². The van der Waals surface area contributed by atoms with Crippen molar-refractivity contribution >= 4 is 22.2 Å². The van der Waals surface area contributed by atoms with Gasteiger partial charge in [0.15, 0.2) is 0 Å². The van der Waals surface area contributed by atoms with Gasteiger partial charge in [-0.15, -0.1) is 0 Å². The molecular formula is C9H13N3O5S. The topological polar surface area (TPSA) is 126 Å². The first-order chi connectivity index (χ1) is 8.41. The van der Waals surface area contributed by atoms with E-state index in [4.69, 9.17) is 0 Å². The summed E-state index contributed by atoms with van der Waals surface area (Å²) in [6.45, 7) is 1.55. The van der Waals surface area contributed by atoms with Gasteiger partial charge in [0, 0.05) is 13.5 Å². The maximum Gasteiger partial charge on any atom is 0.344 e. The molecular weight excluding hydrogens is 262 g/mol. The minimum Gasteiger partial charge on any atom is -0.390 e. The molecule has 0 radical (unpaired) electrons. The Morgan fingerprint density at radius 3 is 2.83 bits per heavy atom. The van der Waals surface area contributed by atoms with E-state index in [0.717, 1.165) is 6.20 Å². The minimum absolute atomic E-state index is 0.0806. The van der Waals surface area contributed by atoms with E-state index in [1.54, 1.807) is 0 Å². The number of thiazole rings is 1. The molecule has 8 nitrogen and oxygen atoms in total. The lowest BCUT2D eigenvalue weighted by Crippen LogP contribution is -2.27. The average Bonchev–Trinajstić information content (AvgIpc) is 2.76. The largest absolute Gasteiger partial charge is 0.390 e. The fourth-order valence-electron chi connectivity index (χ4n) is 1.22. The number of aliphatic hydroxyl groups is 2. The fraction of sp³-hybridized carbons (Fsp3) is 0.556. The van der Waals surface area contributed by atoms with Crippen molar-refractivity contribution in [3.63, 3.8) is 0 Å². The smallest absolute Gasteiger partial charge is 0.344 e. The number of carbonyl (C=O) groups excluding carboxylic acids is 1. The van der Waals surface area contributed by atoms with Crippen LogP contribution in [0.1, 0.15) is 24.5 Å². The molecule has 0 fully saturated rings. The Hall–Kier alpha value is -1.58. The highest BCUT2D eigenvalue weighted by Crippen LogP contribution is 2.28. The molecule has 0 saturated carbocycles. The lowest BCUT2D eigenvalue weighted by molar-refractivity contribution is -0.380. The van der Waals surface area contributed by atoms with E-state index in [2.05, 4.69) is 10.3 Å². The number of nitro groups is 1. The Balaban J connectivity index is 2.53. The zero-order chi connectivity index (χ0) is 13.7. The van der Waals surface area contributed by atoms with Gasteiger partial charge in [-0.2, -0.15) is 0 Å². The van der Waals surface area contributed by atoms with Gasteiger partial charge < -0.3 is 15.5 Å². The lowest BCUT2D eigenvalue weighted by Gasteiger charge is -2.15. The zero-order valence-corrected chi connectivity index (χ0v) is 10.4. The van der Waals surface area contributed by atoms with Crippen molar-refractivity contribution in [3.8, 4) is 0 Å². The van der Waals surface area contributed by atoms with Gasteiger partial charge in [-0.25, -0.2) is 4.98 Å². The zero-order valence-electron chi connectivity index (χ0n) is 9.57. The molecule has 18 heavy (non-hydrogen) atoms. The molecule has 0 saturated heterocycles. The number of nitrogens with zero attached hydrogens (tertiary/aromatic N) is 2. The second-order valence-electron chi connectivity index (χ2n) is 3.58. The highest BCUT2D eigenvalue weighted by atomic mass is 32.1. The molecule has 0 aromatic carbocycles. The first-order valence-corrected chi connectivity index (χ1v) is 5.94. The molecule has 0 bridgehead atoms. The van der Waals surface area contributed by atoms with Crippen LogP contribution in [0.4, 0.5) is 5.00 Å². The molecule has 2 atom stereocenters. The van der Waals surface area contributed by atoms with Crippen LogP contribution in [-0.4, -0.2) is 38.7 Å². The summed E-state index contributed by atoms with van der Waals surface area (Å²) in [6, 6.07) is 0. The maximum absolute atomic E-state index is 10.6. The van der Waals surface area contributed by atoms with E-state index in [0.29, 0.717) is 11.3 Å². The summed E-state index contributed by atoms with van der Waals surface area (Å²) < 4.78 is 0. The molecule has 1 aromatic heterocycles. The fourth-order valence-corrected chi connectivity index (χ4v) is 2.00. The number of aromatic nitrogens is 1. The van der Waals surface area contributed by atoms with E-state index < -0.39 is 17.1 Å². The Bertz CT molecular complexity index is 436. The van der Waals surface area contributed by atoms with E-state index in [9.17, 15) is 25.1 Å². The first kappa shape index (κ1) is 14.5. The number of amides is 1. The van der Waals surface area contributed by atoms with E-state index in [-0.39, 0.29) is 28.9 Å². The highest BCUT2D eigenvalue weighted by Gasteiger charge is 2.24. The second-order valence-corrected chi connectivity index (χ2v) is 4.62. The average molecular weight is 275 g/mol. The number of hydrogen-bond donors (Lipinski definition) is 3. The SMILES string of the molecule is CC(=O)NCCC(O)C(O)c1ncc([N+](=O)[O-])s1. The van der Waals surface area contributed by atoms with Gasteiger partial charge in [0.25, 0.3) is 0 Å². The van der Waals surface area contributed by atoms with Crippen LogP contribution in [-0.2, 0) is 4.79 Å². The number of aliphatic hydroxyl groups excluding tert-OH is 2. The second kappa shape index (κ2) is 6.38. The van der Waals surface area contributed by atoms with Crippen molar-refractivity contribution in [2.45, 2.75) is 25.6 Å². The quantitative estimate of drug-likeness (QED) is 0.494. The van der Waals surface area contributed by atoms with Gasteiger partial charge in [0.05, 0.1) is 11.0 Å². The van der Waals surface area contributed by atoms with Gasteiger partial charge in [0.2, 0.25) is 5.91 Å². The summed E-state index contributed by atoms with van der Waals surface area (Å²) in [4.78, 5) is 24.1. The van der Waals surface area contributed by atoms with Gasteiger partial charge in [0.1, 0.15) is 17.3 Å². The summed E-state index contributed by atoms with van der Waals surface area (Å²) in [5.74, 6) is -0.235. The van der Waals surface area contributed by atoms with Gasteiger partial charge >= 0.3 is 5.00 Å². The van der Waals surface area contributed by atoms with Crippen molar-refractivity contribution in [1.29, 1.82) is 0 Å². The molecule has 1 rings (SSSR count). The predicted octanol–water partition coefficient (Wildman–Crippen LogP) is -0.0282. The monoisotopic (exact) mass is 275 g/mol. The van der Waals surface area contributed by atoms with Crippen LogP contribution in [0.15, 0.2) is 6.20 Å². The molecule has 9 heteroatoms. The Morgan fingerprint density at radius 2 is 2.33 bits per heavy atom. The first-order valence-electron chi connectivity index (χ1n) is 5.12. The maximum atomic E-state index is 10.6. The normalized spacial score (nSPS) is 13.9. The van der Waals surface area contributed by atoms with Gasteiger partial charge in [-0.05, 0) is 17.8 Å². The summed E-state index contributed by atoms with van der Waals surface area (Å²) in [5, 5.41) is 32.1. The number of carbonyl (C=O) groups is 1. The molecule has 100 valence electrons. The summed E-state index contributed by atoms with van der Waals surface area (Å²) in [7, 11) is 0. The molecule has 2 unspecified atom stereocenters. The van der Waals surface area contributed by atoms with Crippen molar-refractivity contribution in [1.82, 2.24) is 10.3 Å². The van der Waals surface area contributed by atoms with Crippen molar-refractivity contribution in [3.05, 3.63) is 21.3 Å². The molecule has 0 aliphatic heterocycles.